The molecule has 10 heavy (non-hydrogen) atoms. The molecule has 60 valence electrons. The van der Waals surface area contributed by atoms with Crippen LogP contribution in [0.1, 0.15) is 46.0 Å². The van der Waals surface area contributed by atoms with Crippen molar-refractivity contribution in [3.05, 3.63) is 0 Å². The lowest BCUT2D eigenvalue weighted by atomic mass is 10.1. The second-order valence-corrected chi connectivity index (χ2v) is 3.67. The summed E-state index contributed by atoms with van der Waals surface area (Å²) in [5.41, 5.74) is -0.241. The Balaban J connectivity index is 2.03. The van der Waals surface area contributed by atoms with Crippen molar-refractivity contribution in [3.63, 3.8) is 0 Å². The van der Waals surface area contributed by atoms with E-state index in [0.717, 1.165) is 12.8 Å². The highest BCUT2D eigenvalue weighted by Gasteiger charge is 2.48. The summed E-state index contributed by atoms with van der Waals surface area (Å²) in [6.07, 6.45) is 5.80. The third-order valence-corrected chi connectivity index (χ3v) is 2.63. The number of aliphatic hydroxyl groups is 1. The topological polar surface area (TPSA) is 20.2 Å². The van der Waals surface area contributed by atoms with Gasteiger partial charge in [-0.1, -0.05) is 33.1 Å². The third-order valence-electron chi connectivity index (χ3n) is 2.63. The molecule has 0 heterocycles. The molecule has 0 unspecified atom stereocenters. The molecule has 0 saturated heterocycles. The molecule has 0 amide bonds. The number of hydrogen-bond donors (Lipinski definition) is 1. The molecule has 1 heteroatoms. The summed E-state index contributed by atoms with van der Waals surface area (Å²) in [5, 5.41) is 9.62. The molecule has 2 atom stereocenters. The maximum Gasteiger partial charge on any atom is 0.0677 e. The van der Waals surface area contributed by atoms with E-state index in [0.29, 0.717) is 5.92 Å². The minimum Gasteiger partial charge on any atom is -0.390 e. The van der Waals surface area contributed by atoms with Crippen LogP contribution < -0.4 is 0 Å². The fourth-order valence-electron chi connectivity index (χ4n) is 1.50. The Morgan fingerprint density at radius 1 is 1.50 bits per heavy atom. The van der Waals surface area contributed by atoms with Crippen molar-refractivity contribution in [2.75, 3.05) is 0 Å². The molecule has 1 rings (SSSR count). The van der Waals surface area contributed by atoms with E-state index < -0.39 is 0 Å². The molecule has 0 spiro atoms. The van der Waals surface area contributed by atoms with Crippen molar-refractivity contribution < 1.29 is 5.11 Å². The molecule has 0 aliphatic heterocycles. The average Bonchev–Trinajstić information content (AvgIpc) is 2.42. The van der Waals surface area contributed by atoms with Gasteiger partial charge in [-0.2, -0.15) is 0 Å². The highest BCUT2D eigenvalue weighted by atomic mass is 16.3. The van der Waals surface area contributed by atoms with E-state index in [1.165, 1.54) is 19.3 Å². The van der Waals surface area contributed by atoms with Crippen molar-refractivity contribution in [2.24, 2.45) is 5.92 Å². The second kappa shape index (κ2) is 2.91. The lowest BCUT2D eigenvalue weighted by molar-refractivity contribution is 0.121. The van der Waals surface area contributed by atoms with Gasteiger partial charge >= 0.3 is 0 Å². The maximum absolute atomic E-state index is 9.62. The number of hydrogen-bond acceptors (Lipinski definition) is 1. The molecular weight excluding hydrogens is 124 g/mol. The Morgan fingerprint density at radius 3 is 2.50 bits per heavy atom. The van der Waals surface area contributed by atoms with Gasteiger partial charge in [0.05, 0.1) is 5.60 Å². The Kier molecular flexibility index (Phi) is 2.35. The van der Waals surface area contributed by atoms with E-state index in [4.69, 9.17) is 0 Å². The molecule has 0 aromatic heterocycles. The minimum atomic E-state index is -0.241. The fraction of sp³-hybridized carbons (Fsp3) is 1.00. The normalized spacial score (nSPS) is 38.1. The highest BCUT2D eigenvalue weighted by Crippen LogP contribution is 2.46. The van der Waals surface area contributed by atoms with Gasteiger partial charge < -0.3 is 5.11 Å². The molecule has 1 saturated carbocycles. The molecule has 1 aliphatic carbocycles. The Hall–Kier alpha value is -0.0400. The number of unbranched alkanes of at least 4 members (excludes halogenated alkanes) is 2. The minimum absolute atomic E-state index is 0.241. The summed E-state index contributed by atoms with van der Waals surface area (Å²) in [6, 6.07) is 0. The summed E-state index contributed by atoms with van der Waals surface area (Å²) in [5.74, 6) is 0.573. The molecular formula is C9H18O. The standard InChI is InChI=1S/C9H18O/c1-3-4-5-6-9(10)7-8(9)2/h8,10H,3-7H2,1-2H3/t8-,9-/m1/s1. The van der Waals surface area contributed by atoms with Gasteiger partial charge in [-0.25, -0.2) is 0 Å². The molecule has 0 aromatic rings. The average molecular weight is 142 g/mol. The van der Waals surface area contributed by atoms with Gasteiger partial charge in [0.1, 0.15) is 0 Å². The van der Waals surface area contributed by atoms with Gasteiger partial charge in [-0.15, -0.1) is 0 Å². The summed E-state index contributed by atoms with van der Waals surface area (Å²) >= 11 is 0. The van der Waals surface area contributed by atoms with Crippen LogP contribution in [-0.2, 0) is 0 Å². The Bertz CT molecular complexity index is 111. The molecule has 1 N–H and O–H groups in total. The SMILES string of the molecule is CCCCC[C@@]1(O)C[C@H]1C. The van der Waals surface area contributed by atoms with Gasteiger partial charge in [0.2, 0.25) is 0 Å². The van der Waals surface area contributed by atoms with E-state index in [1.54, 1.807) is 0 Å². The summed E-state index contributed by atoms with van der Waals surface area (Å²) in [7, 11) is 0. The van der Waals surface area contributed by atoms with Crippen molar-refractivity contribution in [2.45, 2.75) is 51.6 Å². The van der Waals surface area contributed by atoms with Gasteiger partial charge in [-0.3, -0.25) is 0 Å². The van der Waals surface area contributed by atoms with Crippen LogP contribution in [-0.4, -0.2) is 10.7 Å². The zero-order valence-electron chi connectivity index (χ0n) is 7.06. The van der Waals surface area contributed by atoms with Gasteiger partial charge in [-0.05, 0) is 18.8 Å². The van der Waals surface area contributed by atoms with Crippen LogP contribution in [0.3, 0.4) is 0 Å². The highest BCUT2D eigenvalue weighted by molar-refractivity contribution is 5.00. The van der Waals surface area contributed by atoms with Gasteiger partial charge in [0.15, 0.2) is 0 Å². The van der Waals surface area contributed by atoms with Crippen LogP contribution in [0, 0.1) is 5.92 Å². The second-order valence-electron chi connectivity index (χ2n) is 3.67. The maximum atomic E-state index is 9.62. The molecule has 1 aliphatic rings. The van der Waals surface area contributed by atoms with Crippen LogP contribution >= 0.6 is 0 Å². The fourth-order valence-corrected chi connectivity index (χ4v) is 1.50. The van der Waals surface area contributed by atoms with E-state index >= 15 is 0 Å². The summed E-state index contributed by atoms with van der Waals surface area (Å²) in [4.78, 5) is 0. The Labute approximate surface area is 63.4 Å². The van der Waals surface area contributed by atoms with Crippen molar-refractivity contribution in [3.8, 4) is 0 Å². The van der Waals surface area contributed by atoms with Crippen LogP contribution in [0.25, 0.3) is 0 Å². The van der Waals surface area contributed by atoms with Crippen LogP contribution in [0.5, 0.6) is 0 Å². The van der Waals surface area contributed by atoms with Crippen LogP contribution in [0.15, 0.2) is 0 Å². The summed E-state index contributed by atoms with van der Waals surface area (Å²) in [6.45, 7) is 4.33. The first-order valence-electron chi connectivity index (χ1n) is 4.41. The van der Waals surface area contributed by atoms with E-state index in [2.05, 4.69) is 13.8 Å². The van der Waals surface area contributed by atoms with Crippen molar-refractivity contribution >= 4 is 0 Å². The van der Waals surface area contributed by atoms with Crippen molar-refractivity contribution in [1.82, 2.24) is 0 Å². The van der Waals surface area contributed by atoms with Crippen LogP contribution in [0.4, 0.5) is 0 Å². The predicted molar refractivity (Wildman–Crippen MR) is 42.9 cm³/mol. The van der Waals surface area contributed by atoms with E-state index in [-0.39, 0.29) is 5.60 Å². The monoisotopic (exact) mass is 142 g/mol. The predicted octanol–water partition coefficient (Wildman–Crippen LogP) is 2.34. The molecule has 1 nitrogen and oxygen atoms in total. The lowest BCUT2D eigenvalue weighted by Gasteiger charge is -2.06. The molecule has 0 bridgehead atoms. The quantitative estimate of drug-likeness (QED) is 0.597. The first-order chi connectivity index (χ1) is 4.69. The first kappa shape index (κ1) is 8.06. The largest absolute Gasteiger partial charge is 0.390 e. The smallest absolute Gasteiger partial charge is 0.0677 e. The Morgan fingerprint density at radius 2 is 2.10 bits per heavy atom. The van der Waals surface area contributed by atoms with E-state index in [9.17, 15) is 5.11 Å². The lowest BCUT2D eigenvalue weighted by Crippen LogP contribution is -2.08. The zero-order valence-corrected chi connectivity index (χ0v) is 7.06. The third kappa shape index (κ3) is 1.72. The van der Waals surface area contributed by atoms with Crippen LogP contribution in [0.2, 0.25) is 0 Å². The van der Waals surface area contributed by atoms with E-state index in [1.807, 2.05) is 0 Å². The molecule has 0 radical (unpaired) electrons. The molecule has 1 fully saturated rings. The van der Waals surface area contributed by atoms with Gasteiger partial charge in [0.25, 0.3) is 0 Å². The zero-order chi connectivity index (χ0) is 7.61. The van der Waals surface area contributed by atoms with Gasteiger partial charge in [0, 0.05) is 0 Å². The number of rotatable bonds is 4. The van der Waals surface area contributed by atoms with Crippen molar-refractivity contribution in [1.29, 1.82) is 0 Å². The first-order valence-corrected chi connectivity index (χ1v) is 4.41. The molecule has 0 aromatic carbocycles. The summed E-state index contributed by atoms with van der Waals surface area (Å²) < 4.78 is 0.